The number of carbonyl (C=O) groups is 3. The molecule has 3 aliphatic rings. The van der Waals surface area contributed by atoms with E-state index in [9.17, 15) is 14.4 Å². The summed E-state index contributed by atoms with van der Waals surface area (Å²) in [7, 11) is 0. The fourth-order valence-corrected chi connectivity index (χ4v) is 5.45. The van der Waals surface area contributed by atoms with E-state index in [2.05, 4.69) is 5.32 Å². The number of urea groups is 1. The first kappa shape index (κ1) is 20.7. The minimum Gasteiger partial charge on any atom is -0.342 e. The average Bonchev–Trinajstić information content (AvgIpc) is 3.38. The predicted molar refractivity (Wildman–Crippen MR) is 114 cm³/mol. The van der Waals surface area contributed by atoms with Crippen molar-refractivity contribution < 1.29 is 14.4 Å². The first-order valence-electron chi connectivity index (χ1n) is 11.1. The molecular formula is C23H32N4O3. The smallest absolute Gasteiger partial charge is 0.317 e. The second kappa shape index (κ2) is 8.66. The van der Waals surface area contributed by atoms with E-state index in [0.717, 1.165) is 31.5 Å². The molecule has 4 amide bonds. The van der Waals surface area contributed by atoms with Gasteiger partial charge in [0, 0.05) is 52.2 Å². The molecule has 1 N–H and O–H groups in total. The minimum atomic E-state index is -0.551. The van der Waals surface area contributed by atoms with Gasteiger partial charge in [-0.1, -0.05) is 30.3 Å². The summed E-state index contributed by atoms with van der Waals surface area (Å²) in [5, 5.41) is 3.00. The van der Waals surface area contributed by atoms with Crippen molar-refractivity contribution in [2.24, 2.45) is 5.41 Å². The van der Waals surface area contributed by atoms with Gasteiger partial charge in [-0.15, -0.1) is 0 Å². The average molecular weight is 413 g/mol. The van der Waals surface area contributed by atoms with Gasteiger partial charge in [0.1, 0.15) is 0 Å². The van der Waals surface area contributed by atoms with Crippen molar-refractivity contribution in [1.29, 1.82) is 0 Å². The molecule has 162 valence electrons. The van der Waals surface area contributed by atoms with E-state index in [1.54, 1.807) is 6.92 Å². The lowest BCUT2D eigenvalue weighted by molar-refractivity contribution is -0.144. The molecule has 0 radical (unpaired) electrons. The van der Waals surface area contributed by atoms with Crippen LogP contribution in [0.4, 0.5) is 4.79 Å². The van der Waals surface area contributed by atoms with Crippen LogP contribution >= 0.6 is 0 Å². The van der Waals surface area contributed by atoms with Crippen LogP contribution in [-0.2, 0) is 16.1 Å². The second-order valence-corrected chi connectivity index (χ2v) is 8.80. The Balaban J connectivity index is 1.48. The van der Waals surface area contributed by atoms with E-state index in [-0.39, 0.29) is 23.9 Å². The Morgan fingerprint density at radius 3 is 2.37 bits per heavy atom. The van der Waals surface area contributed by atoms with Crippen LogP contribution in [0, 0.1) is 5.41 Å². The summed E-state index contributed by atoms with van der Waals surface area (Å²) < 4.78 is 0. The normalized spacial score (nSPS) is 26.3. The highest BCUT2D eigenvalue weighted by Gasteiger charge is 2.55. The van der Waals surface area contributed by atoms with Crippen molar-refractivity contribution in [1.82, 2.24) is 20.0 Å². The molecular weight excluding hydrogens is 380 g/mol. The number of likely N-dealkylation sites (tertiary alicyclic amines) is 3. The summed E-state index contributed by atoms with van der Waals surface area (Å²) in [5.41, 5.74) is 0.505. The molecule has 4 rings (SSSR count). The second-order valence-electron chi connectivity index (χ2n) is 8.80. The monoisotopic (exact) mass is 412 g/mol. The molecule has 7 heteroatoms. The molecule has 7 nitrogen and oxygen atoms in total. The Morgan fingerprint density at radius 1 is 0.967 bits per heavy atom. The molecule has 3 saturated heterocycles. The molecule has 0 aromatic heterocycles. The van der Waals surface area contributed by atoms with Gasteiger partial charge in [0.05, 0.1) is 5.41 Å². The summed E-state index contributed by atoms with van der Waals surface area (Å²) in [5.74, 6) is 0.221. The van der Waals surface area contributed by atoms with Crippen LogP contribution in [-0.4, -0.2) is 71.3 Å². The fourth-order valence-electron chi connectivity index (χ4n) is 5.45. The van der Waals surface area contributed by atoms with E-state index >= 15 is 0 Å². The van der Waals surface area contributed by atoms with Gasteiger partial charge in [0.15, 0.2) is 0 Å². The number of amides is 4. The van der Waals surface area contributed by atoms with Crippen LogP contribution in [0.1, 0.15) is 44.6 Å². The zero-order valence-corrected chi connectivity index (χ0v) is 17.8. The Hall–Kier alpha value is -2.57. The van der Waals surface area contributed by atoms with E-state index in [4.69, 9.17) is 0 Å². The Labute approximate surface area is 178 Å². The molecule has 0 spiro atoms. The summed E-state index contributed by atoms with van der Waals surface area (Å²) in [6.45, 7) is 5.44. The fraction of sp³-hybridized carbons (Fsp3) is 0.609. The lowest BCUT2D eigenvalue weighted by Crippen LogP contribution is -2.51. The van der Waals surface area contributed by atoms with Gasteiger partial charge in [-0.3, -0.25) is 9.59 Å². The van der Waals surface area contributed by atoms with Gasteiger partial charge in [0.2, 0.25) is 11.8 Å². The molecule has 0 saturated carbocycles. The third kappa shape index (κ3) is 3.89. The van der Waals surface area contributed by atoms with Gasteiger partial charge in [-0.2, -0.15) is 0 Å². The maximum absolute atomic E-state index is 13.6. The van der Waals surface area contributed by atoms with Crippen molar-refractivity contribution in [3.8, 4) is 0 Å². The number of fused-ring (bicyclic) bond motifs is 1. The maximum Gasteiger partial charge on any atom is 0.317 e. The molecule has 3 fully saturated rings. The van der Waals surface area contributed by atoms with Crippen LogP contribution in [0.15, 0.2) is 30.3 Å². The quantitative estimate of drug-likeness (QED) is 0.827. The van der Waals surface area contributed by atoms with Crippen molar-refractivity contribution >= 4 is 17.8 Å². The lowest BCUT2D eigenvalue weighted by atomic mass is 9.75. The summed E-state index contributed by atoms with van der Waals surface area (Å²) in [6, 6.07) is 9.63. The number of nitrogens with zero attached hydrogens (tertiary/aromatic N) is 3. The predicted octanol–water partition coefficient (Wildman–Crippen LogP) is 2.22. The summed E-state index contributed by atoms with van der Waals surface area (Å²) >= 11 is 0. The van der Waals surface area contributed by atoms with Crippen LogP contribution in [0.3, 0.4) is 0 Å². The highest BCUT2D eigenvalue weighted by Crippen LogP contribution is 2.45. The van der Waals surface area contributed by atoms with Crippen LogP contribution in [0.2, 0.25) is 0 Å². The van der Waals surface area contributed by atoms with E-state index in [1.165, 1.54) is 0 Å². The number of nitrogens with one attached hydrogen (secondary N) is 1. The number of benzene rings is 1. The zero-order chi connectivity index (χ0) is 21.1. The van der Waals surface area contributed by atoms with Crippen LogP contribution < -0.4 is 5.32 Å². The molecule has 0 unspecified atom stereocenters. The van der Waals surface area contributed by atoms with E-state index in [0.29, 0.717) is 45.4 Å². The number of carbonyl (C=O) groups excluding carboxylic acids is 3. The third-order valence-electron chi connectivity index (χ3n) is 7.11. The summed E-state index contributed by atoms with van der Waals surface area (Å²) in [6.07, 6.45) is 4.08. The first-order chi connectivity index (χ1) is 14.5. The number of hydrogen-bond donors (Lipinski definition) is 1. The molecule has 2 atom stereocenters. The van der Waals surface area contributed by atoms with Crippen molar-refractivity contribution in [3.63, 3.8) is 0 Å². The Bertz CT molecular complexity index is 793. The largest absolute Gasteiger partial charge is 0.342 e. The van der Waals surface area contributed by atoms with Crippen LogP contribution in [0.25, 0.3) is 0 Å². The molecule has 0 aliphatic carbocycles. The van der Waals surface area contributed by atoms with Gasteiger partial charge in [0.25, 0.3) is 0 Å². The zero-order valence-electron chi connectivity index (χ0n) is 17.8. The van der Waals surface area contributed by atoms with Gasteiger partial charge >= 0.3 is 6.03 Å². The lowest BCUT2D eigenvalue weighted by Gasteiger charge is -2.37. The SMILES string of the molecule is CC(=O)N1CC[C@@]2(C(=O)N3CCCC3)CCN(C(=O)NCc3ccccc3)CC[C@@H]12. The third-order valence-corrected chi connectivity index (χ3v) is 7.11. The molecule has 30 heavy (non-hydrogen) atoms. The number of rotatable bonds is 3. The molecule has 0 bridgehead atoms. The van der Waals surface area contributed by atoms with Gasteiger partial charge in [-0.25, -0.2) is 4.79 Å². The Morgan fingerprint density at radius 2 is 1.67 bits per heavy atom. The standard InChI is InChI=1S/C23H32N4O3/c1-18(28)27-16-11-23(21(29)25-12-5-6-13-25)10-15-26(14-9-20(23)27)22(30)24-17-19-7-3-2-4-8-19/h2-4,7-8,20H,5-6,9-17H2,1H3,(H,24,30)/t20-,23+/m1/s1. The first-order valence-corrected chi connectivity index (χ1v) is 11.1. The molecule has 1 aromatic rings. The highest BCUT2D eigenvalue weighted by molar-refractivity contribution is 5.86. The minimum absolute atomic E-state index is 0.0260. The van der Waals surface area contributed by atoms with Crippen molar-refractivity contribution in [2.75, 3.05) is 32.7 Å². The van der Waals surface area contributed by atoms with E-state index < -0.39 is 5.41 Å². The highest BCUT2D eigenvalue weighted by atomic mass is 16.2. The molecule has 3 heterocycles. The topological polar surface area (TPSA) is 73.0 Å². The van der Waals surface area contributed by atoms with Crippen LogP contribution in [0.5, 0.6) is 0 Å². The van der Waals surface area contributed by atoms with E-state index in [1.807, 2.05) is 45.0 Å². The van der Waals surface area contributed by atoms with Gasteiger partial charge in [-0.05, 0) is 37.7 Å². The Kier molecular flexibility index (Phi) is 5.97. The van der Waals surface area contributed by atoms with Crippen molar-refractivity contribution in [2.45, 2.75) is 51.6 Å². The maximum atomic E-state index is 13.6. The molecule has 1 aromatic carbocycles. The number of hydrogen-bond acceptors (Lipinski definition) is 3. The van der Waals surface area contributed by atoms with Gasteiger partial charge < -0.3 is 20.0 Å². The molecule has 3 aliphatic heterocycles. The summed E-state index contributed by atoms with van der Waals surface area (Å²) in [4.78, 5) is 44.4. The van der Waals surface area contributed by atoms with Crippen molar-refractivity contribution in [3.05, 3.63) is 35.9 Å².